The van der Waals surface area contributed by atoms with Crippen LogP contribution in [0.25, 0.3) is 0 Å². The maximum absolute atomic E-state index is 5.83. The fourth-order valence-electron chi connectivity index (χ4n) is 2.83. The Labute approximate surface area is 150 Å². The summed E-state index contributed by atoms with van der Waals surface area (Å²) in [7, 11) is 0. The molecular weight excluding hydrogens is 306 g/mol. The van der Waals surface area contributed by atoms with Crippen molar-refractivity contribution in [3.8, 4) is 5.75 Å². The molecule has 0 aliphatic carbocycles. The third-order valence-corrected chi connectivity index (χ3v) is 4.34. The van der Waals surface area contributed by atoms with E-state index in [9.17, 15) is 0 Å². The lowest BCUT2D eigenvalue weighted by molar-refractivity contribution is 0.322. The van der Waals surface area contributed by atoms with Gasteiger partial charge >= 0.3 is 0 Å². The van der Waals surface area contributed by atoms with Crippen LogP contribution in [0.3, 0.4) is 0 Å². The first-order chi connectivity index (χ1) is 12.3. The van der Waals surface area contributed by atoms with Gasteiger partial charge in [-0.2, -0.15) is 0 Å². The van der Waals surface area contributed by atoms with E-state index in [1.54, 1.807) is 0 Å². The van der Waals surface area contributed by atoms with Gasteiger partial charge < -0.3 is 10.1 Å². The number of nitrogens with one attached hydrogen (secondary N) is 1. The van der Waals surface area contributed by atoms with Crippen molar-refractivity contribution < 1.29 is 4.74 Å². The first kappa shape index (κ1) is 17.1. The molecule has 0 fully saturated rings. The molecule has 0 radical (unpaired) electrons. The molecule has 0 bridgehead atoms. The molecule has 3 rings (SSSR count). The summed E-state index contributed by atoms with van der Waals surface area (Å²) in [6.45, 7) is 3.79. The van der Waals surface area contributed by atoms with E-state index in [0.717, 1.165) is 30.8 Å². The largest absolute Gasteiger partial charge is 0.493 e. The van der Waals surface area contributed by atoms with Gasteiger partial charge in [-0.05, 0) is 54.3 Å². The molecule has 0 saturated heterocycles. The van der Waals surface area contributed by atoms with Crippen molar-refractivity contribution in [3.05, 3.63) is 95.6 Å². The van der Waals surface area contributed by atoms with Crippen molar-refractivity contribution in [1.82, 2.24) is 0 Å². The third kappa shape index (κ3) is 5.39. The second kappa shape index (κ2) is 8.93. The van der Waals surface area contributed by atoms with Gasteiger partial charge in [-0.25, -0.2) is 0 Å². The number of rotatable bonds is 8. The summed E-state index contributed by atoms with van der Waals surface area (Å²) in [5.41, 5.74) is 5.18. The molecule has 0 atom stereocenters. The van der Waals surface area contributed by atoms with E-state index in [2.05, 4.69) is 72.9 Å². The van der Waals surface area contributed by atoms with Crippen LogP contribution in [0.15, 0.2) is 78.9 Å². The minimum absolute atomic E-state index is 0.698. The van der Waals surface area contributed by atoms with Crippen molar-refractivity contribution in [3.63, 3.8) is 0 Å². The molecule has 0 aromatic heterocycles. The van der Waals surface area contributed by atoms with Gasteiger partial charge in [-0.15, -0.1) is 0 Å². The summed E-state index contributed by atoms with van der Waals surface area (Å²) in [6.07, 6.45) is 1.96. The number of hydrogen-bond acceptors (Lipinski definition) is 2. The molecule has 1 N–H and O–H groups in total. The van der Waals surface area contributed by atoms with E-state index in [0.29, 0.717) is 6.61 Å². The van der Waals surface area contributed by atoms with E-state index in [4.69, 9.17) is 4.74 Å². The Morgan fingerprint density at radius 1 is 0.760 bits per heavy atom. The van der Waals surface area contributed by atoms with Gasteiger partial charge in [-0.3, -0.25) is 0 Å². The number of ether oxygens (including phenoxy) is 1. The predicted molar refractivity (Wildman–Crippen MR) is 105 cm³/mol. The quantitative estimate of drug-likeness (QED) is 0.607. The van der Waals surface area contributed by atoms with Crippen molar-refractivity contribution in [2.75, 3.05) is 18.5 Å². The Kier molecular flexibility index (Phi) is 6.11. The molecule has 0 spiro atoms. The van der Waals surface area contributed by atoms with Crippen LogP contribution in [-0.4, -0.2) is 13.2 Å². The van der Waals surface area contributed by atoms with E-state index in [1.165, 1.54) is 16.7 Å². The Bertz CT molecular complexity index is 766. The van der Waals surface area contributed by atoms with Gasteiger partial charge in [-0.1, -0.05) is 54.6 Å². The second-order valence-corrected chi connectivity index (χ2v) is 6.21. The third-order valence-electron chi connectivity index (χ3n) is 4.34. The van der Waals surface area contributed by atoms with Gasteiger partial charge in [0.1, 0.15) is 5.75 Å². The highest BCUT2D eigenvalue weighted by atomic mass is 16.5. The molecular formula is C23H25NO. The molecule has 25 heavy (non-hydrogen) atoms. The highest BCUT2D eigenvalue weighted by Gasteiger charge is 1.99. The molecule has 0 heterocycles. The van der Waals surface area contributed by atoms with Crippen LogP contribution in [0.5, 0.6) is 5.75 Å². The number of benzene rings is 3. The maximum Gasteiger partial charge on any atom is 0.119 e. The van der Waals surface area contributed by atoms with Crippen molar-refractivity contribution in [2.24, 2.45) is 0 Å². The Hall–Kier alpha value is -2.74. The monoisotopic (exact) mass is 331 g/mol. The van der Waals surface area contributed by atoms with E-state index in [1.807, 2.05) is 18.2 Å². The molecule has 0 saturated carbocycles. The molecule has 0 aliphatic heterocycles. The van der Waals surface area contributed by atoms with Gasteiger partial charge in [0.2, 0.25) is 0 Å². The van der Waals surface area contributed by atoms with Crippen LogP contribution in [0, 0.1) is 6.92 Å². The fourth-order valence-corrected chi connectivity index (χ4v) is 2.83. The normalized spacial score (nSPS) is 10.4. The van der Waals surface area contributed by atoms with Gasteiger partial charge in [0.15, 0.2) is 0 Å². The van der Waals surface area contributed by atoms with Crippen LogP contribution < -0.4 is 10.1 Å². The van der Waals surface area contributed by atoms with Crippen molar-refractivity contribution in [2.45, 2.75) is 19.8 Å². The first-order valence-corrected chi connectivity index (χ1v) is 8.86. The number of aryl methyl sites for hydroxylation is 1. The highest BCUT2D eigenvalue weighted by molar-refractivity contribution is 5.46. The van der Waals surface area contributed by atoms with E-state index in [-0.39, 0.29) is 0 Å². The lowest BCUT2D eigenvalue weighted by atomic mass is 10.1. The van der Waals surface area contributed by atoms with Crippen LogP contribution in [0.2, 0.25) is 0 Å². The summed E-state index contributed by atoms with van der Waals surface area (Å²) in [6, 6.07) is 27.2. The second-order valence-electron chi connectivity index (χ2n) is 6.21. The molecule has 3 aromatic carbocycles. The van der Waals surface area contributed by atoms with Gasteiger partial charge in [0, 0.05) is 18.7 Å². The zero-order valence-electron chi connectivity index (χ0n) is 14.7. The maximum atomic E-state index is 5.83. The van der Waals surface area contributed by atoms with E-state index >= 15 is 0 Å². The molecule has 0 aliphatic rings. The summed E-state index contributed by atoms with van der Waals surface area (Å²) >= 11 is 0. The Balaban J connectivity index is 1.42. The minimum Gasteiger partial charge on any atom is -0.493 e. The lowest BCUT2D eigenvalue weighted by Crippen LogP contribution is -2.06. The standard InChI is InChI=1S/C23H25NO/c1-19-7-5-6-10-21(19)15-17-24-22-11-13-23(14-12-22)25-18-16-20-8-3-2-4-9-20/h2-14,24H,15-18H2,1H3. The van der Waals surface area contributed by atoms with Gasteiger partial charge in [0.05, 0.1) is 6.61 Å². The smallest absolute Gasteiger partial charge is 0.119 e. The lowest BCUT2D eigenvalue weighted by Gasteiger charge is -2.10. The SMILES string of the molecule is Cc1ccccc1CCNc1ccc(OCCc2ccccc2)cc1. The summed E-state index contributed by atoms with van der Waals surface area (Å²) < 4.78 is 5.83. The molecule has 3 aromatic rings. The highest BCUT2D eigenvalue weighted by Crippen LogP contribution is 2.16. The average Bonchev–Trinajstić information content (AvgIpc) is 2.65. The molecule has 2 nitrogen and oxygen atoms in total. The van der Waals surface area contributed by atoms with Crippen LogP contribution >= 0.6 is 0 Å². The van der Waals surface area contributed by atoms with Gasteiger partial charge in [0.25, 0.3) is 0 Å². The predicted octanol–water partition coefficient (Wildman–Crippen LogP) is 5.27. The topological polar surface area (TPSA) is 21.3 Å². The summed E-state index contributed by atoms with van der Waals surface area (Å²) in [5, 5.41) is 3.47. The Morgan fingerprint density at radius 3 is 2.24 bits per heavy atom. The zero-order valence-corrected chi connectivity index (χ0v) is 14.7. The number of hydrogen-bond donors (Lipinski definition) is 1. The fraction of sp³-hybridized carbons (Fsp3) is 0.217. The Morgan fingerprint density at radius 2 is 1.48 bits per heavy atom. The van der Waals surface area contributed by atoms with E-state index < -0.39 is 0 Å². The van der Waals surface area contributed by atoms with Crippen molar-refractivity contribution in [1.29, 1.82) is 0 Å². The minimum atomic E-state index is 0.698. The van der Waals surface area contributed by atoms with Crippen molar-refractivity contribution >= 4 is 5.69 Å². The molecule has 2 heteroatoms. The molecule has 0 unspecified atom stereocenters. The number of anilines is 1. The summed E-state index contributed by atoms with van der Waals surface area (Å²) in [5.74, 6) is 0.917. The molecule has 0 amide bonds. The van der Waals surface area contributed by atoms with Crippen LogP contribution in [0.4, 0.5) is 5.69 Å². The van der Waals surface area contributed by atoms with Crippen LogP contribution in [0.1, 0.15) is 16.7 Å². The molecule has 128 valence electrons. The summed E-state index contributed by atoms with van der Waals surface area (Å²) in [4.78, 5) is 0. The zero-order chi connectivity index (χ0) is 17.3. The van der Waals surface area contributed by atoms with Crippen LogP contribution in [-0.2, 0) is 12.8 Å². The average molecular weight is 331 g/mol. The first-order valence-electron chi connectivity index (χ1n) is 8.86.